The van der Waals surface area contributed by atoms with E-state index < -0.39 is 0 Å². The van der Waals surface area contributed by atoms with Crippen molar-refractivity contribution in [3.05, 3.63) is 67.6 Å². The average molecular weight is 264 g/mol. The molecule has 0 unspecified atom stereocenters. The fourth-order valence-corrected chi connectivity index (χ4v) is 0.932. The number of allylic oxidation sites excluding steroid dienone is 4. The summed E-state index contributed by atoms with van der Waals surface area (Å²) in [7, 11) is 0. The van der Waals surface area contributed by atoms with Crippen molar-refractivity contribution < 1.29 is 18.6 Å². The van der Waals surface area contributed by atoms with Gasteiger partial charge in [0.25, 0.3) is 0 Å². The van der Waals surface area contributed by atoms with Crippen LogP contribution in [0.25, 0.3) is 0 Å². The first-order chi connectivity index (χ1) is 7.91. The van der Waals surface area contributed by atoms with Crippen LogP contribution in [-0.2, 0) is 18.6 Å². The van der Waals surface area contributed by atoms with Crippen LogP contribution in [0.2, 0.25) is 0 Å². The van der Waals surface area contributed by atoms with E-state index in [0.29, 0.717) is 0 Å². The van der Waals surface area contributed by atoms with E-state index in [4.69, 9.17) is 0 Å². The van der Waals surface area contributed by atoms with Gasteiger partial charge in [-0.25, -0.2) is 12.2 Å². The minimum atomic E-state index is 0. The van der Waals surface area contributed by atoms with E-state index in [9.17, 15) is 0 Å². The normalized spacial score (nSPS) is 10.5. The molecule has 0 amide bonds. The number of hydrogen-bond donors (Lipinski definition) is 0. The van der Waals surface area contributed by atoms with E-state index in [2.05, 4.69) is 32.1 Å². The van der Waals surface area contributed by atoms with E-state index in [1.165, 1.54) is 12.8 Å². The van der Waals surface area contributed by atoms with Crippen LogP contribution >= 0.6 is 0 Å². The van der Waals surface area contributed by atoms with Gasteiger partial charge in [-0.05, 0) is 0 Å². The molecular formula is C16H21V-3. The minimum absolute atomic E-state index is 0. The Morgan fingerprint density at radius 2 is 1.88 bits per heavy atom. The summed E-state index contributed by atoms with van der Waals surface area (Å²) in [4.78, 5) is 0. The number of unbranched alkanes of at least 4 members (excludes halogenated alkanes) is 2. The summed E-state index contributed by atoms with van der Waals surface area (Å²) in [5.41, 5.74) is 0. The molecule has 0 aliphatic heterocycles. The molecule has 0 aromatic heterocycles. The second-order valence-corrected chi connectivity index (χ2v) is 3.29. The number of rotatable bonds is 2. The molecule has 1 aromatic rings. The van der Waals surface area contributed by atoms with Crippen molar-refractivity contribution in [1.29, 1.82) is 0 Å². The summed E-state index contributed by atoms with van der Waals surface area (Å²) in [5.74, 6) is 0. The van der Waals surface area contributed by atoms with E-state index in [-0.39, 0.29) is 18.6 Å². The van der Waals surface area contributed by atoms with Gasteiger partial charge in [0, 0.05) is 18.6 Å². The van der Waals surface area contributed by atoms with Gasteiger partial charge in [0.15, 0.2) is 0 Å². The van der Waals surface area contributed by atoms with Gasteiger partial charge in [-0.1, -0.05) is 19.8 Å². The van der Waals surface area contributed by atoms with Gasteiger partial charge < -0.3 is 6.92 Å². The quantitative estimate of drug-likeness (QED) is 0.673. The zero-order valence-electron chi connectivity index (χ0n) is 10.6. The van der Waals surface area contributed by atoms with Gasteiger partial charge in [-0.3, -0.25) is 6.08 Å². The fraction of sp³-hybridized carbons (Fsp3) is 0.312. The van der Waals surface area contributed by atoms with Crippen molar-refractivity contribution in [2.24, 2.45) is 0 Å². The molecule has 0 atom stereocenters. The molecule has 1 heteroatoms. The molecule has 1 aliphatic rings. The Bertz CT molecular complexity index is 223. The molecule has 0 N–H and O–H groups in total. The second-order valence-electron chi connectivity index (χ2n) is 3.29. The van der Waals surface area contributed by atoms with Crippen molar-refractivity contribution in [2.45, 2.75) is 32.6 Å². The third-order valence-corrected chi connectivity index (χ3v) is 1.80. The van der Waals surface area contributed by atoms with Crippen LogP contribution in [0, 0.1) is 19.1 Å². The molecule has 1 aromatic carbocycles. The van der Waals surface area contributed by atoms with E-state index >= 15 is 0 Å². The Labute approximate surface area is 119 Å². The summed E-state index contributed by atoms with van der Waals surface area (Å²) in [6.45, 7) is 5.85. The first-order valence-electron chi connectivity index (χ1n) is 5.83. The van der Waals surface area contributed by atoms with Gasteiger partial charge in [0.2, 0.25) is 0 Å². The van der Waals surface area contributed by atoms with Gasteiger partial charge in [0.05, 0.1) is 0 Å². The van der Waals surface area contributed by atoms with Crippen LogP contribution in [0.3, 0.4) is 0 Å². The van der Waals surface area contributed by atoms with Crippen molar-refractivity contribution >= 4 is 0 Å². The second kappa shape index (κ2) is 17.7. The van der Waals surface area contributed by atoms with E-state index in [0.717, 1.165) is 12.8 Å². The Balaban J connectivity index is 0. The molecule has 2 rings (SSSR count). The zero-order chi connectivity index (χ0) is 11.9. The molecule has 0 heterocycles. The first-order valence-corrected chi connectivity index (χ1v) is 5.83. The molecular weight excluding hydrogens is 243 g/mol. The molecule has 17 heavy (non-hydrogen) atoms. The first kappa shape index (κ1) is 18.6. The van der Waals surface area contributed by atoms with Gasteiger partial charge in [-0.15, -0.1) is 6.42 Å². The van der Waals surface area contributed by atoms with Crippen LogP contribution in [0.1, 0.15) is 32.6 Å². The molecule has 0 fully saturated rings. The molecule has 0 nitrogen and oxygen atoms in total. The van der Waals surface area contributed by atoms with Crippen LogP contribution in [-0.4, -0.2) is 0 Å². The third kappa shape index (κ3) is 17.9. The maximum absolute atomic E-state index is 3.68. The molecule has 0 saturated heterocycles. The van der Waals surface area contributed by atoms with Crippen LogP contribution in [0.15, 0.2) is 48.6 Å². The summed E-state index contributed by atoms with van der Waals surface area (Å²) in [5, 5.41) is 0. The Hall–Kier alpha value is -0.716. The van der Waals surface area contributed by atoms with Crippen molar-refractivity contribution in [3.8, 4) is 0 Å². The predicted molar refractivity (Wildman–Crippen MR) is 71.7 cm³/mol. The fourth-order valence-electron chi connectivity index (χ4n) is 0.932. The molecule has 1 radical (unpaired) electrons. The van der Waals surface area contributed by atoms with Crippen LogP contribution in [0.4, 0.5) is 0 Å². The Morgan fingerprint density at radius 3 is 2.00 bits per heavy atom. The van der Waals surface area contributed by atoms with Gasteiger partial charge >= 0.3 is 0 Å². The van der Waals surface area contributed by atoms with E-state index in [1.54, 1.807) is 0 Å². The topological polar surface area (TPSA) is 0 Å². The SMILES string of the molecule is [C-]1=CC=CC1.[CH2-]CCCC.[V].[c-]1ccccc1. The molecule has 0 bridgehead atoms. The zero-order valence-corrected chi connectivity index (χ0v) is 12.0. The van der Waals surface area contributed by atoms with Gasteiger partial charge in [0.1, 0.15) is 0 Å². The van der Waals surface area contributed by atoms with E-state index in [1.807, 2.05) is 42.5 Å². The Kier molecular flexibility index (Phi) is 19.4. The number of hydrogen-bond acceptors (Lipinski definition) is 0. The summed E-state index contributed by atoms with van der Waals surface area (Å²) >= 11 is 0. The molecule has 0 spiro atoms. The largest absolute Gasteiger partial charge is 0.343 e. The summed E-state index contributed by atoms with van der Waals surface area (Å²) < 4.78 is 0. The standard InChI is InChI=1S/C6H5.C5H5.C5H11.V/c1-2-4-6-5-3-1;1-2-4-5-3-1;1-3-5-4-2;/h1-5H;1-3H,4H2;1,3-5H2,2H3;/q3*-1;. The van der Waals surface area contributed by atoms with Gasteiger partial charge in [-0.2, -0.15) is 48.9 Å². The molecule has 93 valence electrons. The summed E-state index contributed by atoms with van der Waals surface area (Å²) in [6, 6.07) is 12.5. The maximum Gasteiger partial charge on any atom is 0 e. The van der Waals surface area contributed by atoms with Crippen molar-refractivity contribution in [3.63, 3.8) is 0 Å². The van der Waals surface area contributed by atoms with Crippen LogP contribution < -0.4 is 0 Å². The third-order valence-electron chi connectivity index (χ3n) is 1.80. The van der Waals surface area contributed by atoms with Crippen molar-refractivity contribution in [1.82, 2.24) is 0 Å². The monoisotopic (exact) mass is 264 g/mol. The number of benzene rings is 1. The molecule has 1 aliphatic carbocycles. The predicted octanol–water partition coefficient (Wildman–Crippen LogP) is 4.80. The minimum Gasteiger partial charge on any atom is -0.343 e. The van der Waals surface area contributed by atoms with Crippen molar-refractivity contribution in [2.75, 3.05) is 0 Å². The molecule has 0 saturated carbocycles. The smallest absolute Gasteiger partial charge is 0 e. The summed E-state index contributed by atoms with van der Waals surface area (Å²) in [6.07, 6.45) is 13.7. The maximum atomic E-state index is 3.68. The average Bonchev–Trinajstić information content (AvgIpc) is 2.92. The van der Waals surface area contributed by atoms with Crippen LogP contribution in [0.5, 0.6) is 0 Å². The Morgan fingerprint density at radius 1 is 1.18 bits per heavy atom.